The monoisotopic (exact) mass is 153 g/mol. The molecule has 0 amide bonds. The van der Waals surface area contributed by atoms with Crippen molar-refractivity contribution in [2.24, 2.45) is 5.73 Å². The summed E-state index contributed by atoms with van der Waals surface area (Å²) in [5, 5.41) is 4.31. The third kappa shape index (κ3) is 2.35. The summed E-state index contributed by atoms with van der Waals surface area (Å²) in [5.74, 6) is 0. The van der Waals surface area contributed by atoms with E-state index in [0.717, 1.165) is 18.7 Å². The van der Waals surface area contributed by atoms with Gasteiger partial charge in [0.2, 0.25) is 0 Å². The standard InChI is InChI=1S/C8H15N3/c1-3-11-5-4-8(10-11)6-7(2)9/h4-5,7H,3,6,9H2,1-2H3/t7-/m0/s1. The maximum absolute atomic E-state index is 5.63. The molecular weight excluding hydrogens is 138 g/mol. The van der Waals surface area contributed by atoms with E-state index in [-0.39, 0.29) is 6.04 Å². The van der Waals surface area contributed by atoms with Gasteiger partial charge in [-0.25, -0.2) is 0 Å². The van der Waals surface area contributed by atoms with Gasteiger partial charge in [0.1, 0.15) is 0 Å². The van der Waals surface area contributed by atoms with Crippen LogP contribution in [0.4, 0.5) is 0 Å². The largest absolute Gasteiger partial charge is 0.328 e. The van der Waals surface area contributed by atoms with Gasteiger partial charge < -0.3 is 5.73 Å². The Bertz CT molecular complexity index is 215. The summed E-state index contributed by atoms with van der Waals surface area (Å²) in [4.78, 5) is 0. The number of aryl methyl sites for hydroxylation is 1. The predicted molar refractivity (Wildman–Crippen MR) is 45.3 cm³/mol. The van der Waals surface area contributed by atoms with Crippen LogP contribution < -0.4 is 5.73 Å². The smallest absolute Gasteiger partial charge is 0.0639 e. The lowest BCUT2D eigenvalue weighted by Gasteiger charge is -1.99. The van der Waals surface area contributed by atoms with E-state index in [0.29, 0.717) is 0 Å². The van der Waals surface area contributed by atoms with E-state index in [1.807, 2.05) is 23.9 Å². The molecule has 0 radical (unpaired) electrons. The normalized spacial score (nSPS) is 13.4. The summed E-state index contributed by atoms with van der Waals surface area (Å²) in [6.07, 6.45) is 2.85. The van der Waals surface area contributed by atoms with E-state index in [2.05, 4.69) is 12.0 Å². The molecule has 0 aliphatic heterocycles. The average Bonchev–Trinajstić information content (AvgIpc) is 2.34. The Kier molecular flexibility index (Phi) is 2.65. The van der Waals surface area contributed by atoms with Gasteiger partial charge in [0.15, 0.2) is 0 Å². The molecule has 1 heterocycles. The van der Waals surface area contributed by atoms with Crippen molar-refractivity contribution in [3.05, 3.63) is 18.0 Å². The fourth-order valence-corrected chi connectivity index (χ4v) is 1.02. The van der Waals surface area contributed by atoms with E-state index in [4.69, 9.17) is 5.73 Å². The number of hydrogen-bond acceptors (Lipinski definition) is 2. The highest BCUT2D eigenvalue weighted by atomic mass is 15.3. The second kappa shape index (κ2) is 3.53. The van der Waals surface area contributed by atoms with Crippen LogP contribution in [0.2, 0.25) is 0 Å². The minimum absolute atomic E-state index is 0.204. The quantitative estimate of drug-likeness (QED) is 0.697. The Morgan fingerprint density at radius 1 is 1.73 bits per heavy atom. The zero-order valence-corrected chi connectivity index (χ0v) is 7.12. The summed E-state index contributed by atoms with van der Waals surface area (Å²) in [6.45, 7) is 4.99. The Hall–Kier alpha value is -0.830. The maximum atomic E-state index is 5.63. The van der Waals surface area contributed by atoms with E-state index in [9.17, 15) is 0 Å². The first-order valence-corrected chi connectivity index (χ1v) is 4.00. The molecule has 1 rings (SSSR count). The number of rotatable bonds is 3. The van der Waals surface area contributed by atoms with Crippen molar-refractivity contribution in [3.8, 4) is 0 Å². The molecule has 1 aromatic heterocycles. The minimum Gasteiger partial charge on any atom is -0.328 e. The van der Waals surface area contributed by atoms with E-state index in [1.54, 1.807) is 0 Å². The molecule has 0 bridgehead atoms. The topological polar surface area (TPSA) is 43.8 Å². The van der Waals surface area contributed by atoms with Gasteiger partial charge in [0, 0.05) is 25.2 Å². The van der Waals surface area contributed by atoms with Crippen LogP contribution >= 0.6 is 0 Å². The van der Waals surface area contributed by atoms with Crippen LogP contribution in [0.25, 0.3) is 0 Å². The Labute approximate surface area is 67.2 Å². The summed E-state index contributed by atoms with van der Waals surface area (Å²) < 4.78 is 1.91. The molecule has 62 valence electrons. The van der Waals surface area contributed by atoms with Gasteiger partial charge in [0.05, 0.1) is 5.69 Å². The van der Waals surface area contributed by atoms with Crippen molar-refractivity contribution in [2.75, 3.05) is 0 Å². The van der Waals surface area contributed by atoms with Gasteiger partial charge in [0.25, 0.3) is 0 Å². The van der Waals surface area contributed by atoms with Gasteiger partial charge in [-0.1, -0.05) is 0 Å². The lowest BCUT2D eigenvalue weighted by atomic mass is 10.2. The minimum atomic E-state index is 0.204. The number of nitrogens with two attached hydrogens (primary N) is 1. The lowest BCUT2D eigenvalue weighted by molar-refractivity contribution is 0.631. The number of nitrogens with zero attached hydrogens (tertiary/aromatic N) is 2. The first-order valence-electron chi connectivity index (χ1n) is 4.00. The molecule has 0 saturated carbocycles. The molecule has 3 nitrogen and oxygen atoms in total. The summed E-state index contributed by atoms with van der Waals surface area (Å²) >= 11 is 0. The molecule has 1 aromatic rings. The second-order valence-electron chi connectivity index (χ2n) is 2.84. The van der Waals surface area contributed by atoms with Gasteiger partial charge in [-0.2, -0.15) is 5.10 Å². The van der Waals surface area contributed by atoms with Gasteiger partial charge in [-0.3, -0.25) is 4.68 Å². The fourth-order valence-electron chi connectivity index (χ4n) is 1.02. The third-order valence-corrected chi connectivity index (χ3v) is 1.55. The highest BCUT2D eigenvalue weighted by Crippen LogP contribution is 1.98. The van der Waals surface area contributed by atoms with Crippen molar-refractivity contribution < 1.29 is 0 Å². The molecule has 0 unspecified atom stereocenters. The average molecular weight is 153 g/mol. The molecule has 2 N–H and O–H groups in total. The molecule has 0 spiro atoms. The molecule has 11 heavy (non-hydrogen) atoms. The molecule has 1 atom stereocenters. The summed E-state index contributed by atoms with van der Waals surface area (Å²) in [7, 11) is 0. The number of aromatic nitrogens is 2. The van der Waals surface area contributed by atoms with Crippen LogP contribution in [0.3, 0.4) is 0 Å². The molecule has 0 aromatic carbocycles. The molecular formula is C8H15N3. The van der Waals surface area contributed by atoms with Crippen LogP contribution in [0.15, 0.2) is 12.3 Å². The van der Waals surface area contributed by atoms with Crippen LogP contribution in [-0.4, -0.2) is 15.8 Å². The highest BCUT2D eigenvalue weighted by Gasteiger charge is 2.00. The van der Waals surface area contributed by atoms with Gasteiger partial charge in [-0.05, 0) is 19.9 Å². The molecule has 3 heteroatoms. The first kappa shape index (κ1) is 8.27. The van der Waals surface area contributed by atoms with Crippen LogP contribution in [0.1, 0.15) is 19.5 Å². The van der Waals surface area contributed by atoms with Crippen LogP contribution in [0, 0.1) is 0 Å². The number of hydrogen-bond donors (Lipinski definition) is 1. The lowest BCUT2D eigenvalue weighted by Crippen LogP contribution is -2.18. The zero-order valence-electron chi connectivity index (χ0n) is 7.12. The highest BCUT2D eigenvalue weighted by molar-refractivity contribution is 5.00. The first-order chi connectivity index (χ1) is 5.22. The molecule has 0 fully saturated rings. The van der Waals surface area contributed by atoms with E-state index < -0.39 is 0 Å². The van der Waals surface area contributed by atoms with Crippen molar-refractivity contribution in [1.82, 2.24) is 9.78 Å². The predicted octanol–water partition coefficient (Wildman–Crippen LogP) is 0.793. The Morgan fingerprint density at radius 3 is 2.91 bits per heavy atom. The van der Waals surface area contributed by atoms with Crippen molar-refractivity contribution in [1.29, 1.82) is 0 Å². The van der Waals surface area contributed by atoms with Gasteiger partial charge in [-0.15, -0.1) is 0 Å². The van der Waals surface area contributed by atoms with E-state index in [1.165, 1.54) is 0 Å². The Morgan fingerprint density at radius 2 is 2.45 bits per heavy atom. The Balaban J connectivity index is 2.58. The fraction of sp³-hybridized carbons (Fsp3) is 0.625. The third-order valence-electron chi connectivity index (χ3n) is 1.55. The van der Waals surface area contributed by atoms with Gasteiger partial charge >= 0.3 is 0 Å². The second-order valence-corrected chi connectivity index (χ2v) is 2.84. The van der Waals surface area contributed by atoms with Crippen molar-refractivity contribution in [3.63, 3.8) is 0 Å². The van der Waals surface area contributed by atoms with E-state index >= 15 is 0 Å². The molecule has 0 saturated heterocycles. The summed E-state index contributed by atoms with van der Waals surface area (Å²) in [6, 6.07) is 2.22. The van der Waals surface area contributed by atoms with Crippen molar-refractivity contribution >= 4 is 0 Å². The summed E-state index contributed by atoms with van der Waals surface area (Å²) in [5.41, 5.74) is 6.71. The van der Waals surface area contributed by atoms with Crippen molar-refractivity contribution in [2.45, 2.75) is 32.9 Å². The van der Waals surface area contributed by atoms with Crippen LogP contribution in [-0.2, 0) is 13.0 Å². The SMILES string of the molecule is CCn1ccc(C[C@H](C)N)n1. The molecule has 0 aliphatic rings. The maximum Gasteiger partial charge on any atom is 0.0639 e. The zero-order chi connectivity index (χ0) is 8.27. The molecule has 0 aliphatic carbocycles. The van der Waals surface area contributed by atoms with Crippen LogP contribution in [0.5, 0.6) is 0 Å².